The summed E-state index contributed by atoms with van der Waals surface area (Å²) in [5, 5.41) is 10.0. The first-order valence-electron chi connectivity index (χ1n) is 16.5. The zero-order valence-electron chi connectivity index (χ0n) is 27.2. The molecule has 1 fully saturated rings. The zero-order chi connectivity index (χ0) is 32.3. The molecule has 2 aliphatic heterocycles. The number of halogens is 1. The van der Waals surface area contributed by atoms with Crippen molar-refractivity contribution >= 4 is 17.3 Å². The molecule has 2 aliphatic rings. The number of para-hydroxylation sites is 1. The van der Waals surface area contributed by atoms with Gasteiger partial charge in [0.25, 0.3) is 0 Å². The molecule has 4 aromatic rings. The molecule has 7 heteroatoms. The van der Waals surface area contributed by atoms with Crippen LogP contribution in [0.5, 0.6) is 5.75 Å². The fraction of sp³-hybridized carbons (Fsp3) is 0.385. The number of hydrogen-bond donors (Lipinski definition) is 1. The summed E-state index contributed by atoms with van der Waals surface area (Å²) in [6.07, 6.45) is 4.84. The van der Waals surface area contributed by atoms with E-state index in [1.165, 1.54) is 23.4 Å². The van der Waals surface area contributed by atoms with Crippen LogP contribution in [0.4, 0.5) is 15.8 Å². The minimum Gasteiger partial charge on any atom is -0.493 e. The summed E-state index contributed by atoms with van der Waals surface area (Å²) in [4.78, 5) is 22.2. The molecule has 0 spiro atoms. The highest BCUT2D eigenvalue weighted by atomic mass is 19.1. The van der Waals surface area contributed by atoms with Crippen molar-refractivity contribution in [3.63, 3.8) is 0 Å². The molecule has 1 aromatic heterocycles. The van der Waals surface area contributed by atoms with E-state index in [0.717, 1.165) is 90.4 Å². The Morgan fingerprint density at radius 3 is 2.41 bits per heavy atom. The topological polar surface area (TPSA) is 65.9 Å². The van der Waals surface area contributed by atoms with Crippen molar-refractivity contribution in [1.29, 1.82) is 0 Å². The molecular formula is C39H44FN3O3. The molecule has 6 rings (SSSR count). The third-order valence-electron chi connectivity index (χ3n) is 9.57. The fourth-order valence-electron chi connectivity index (χ4n) is 6.86. The van der Waals surface area contributed by atoms with Gasteiger partial charge in [0.15, 0.2) is 0 Å². The number of carboxylic acid groups (broad SMARTS) is 1. The van der Waals surface area contributed by atoms with Gasteiger partial charge in [-0.15, -0.1) is 0 Å². The van der Waals surface area contributed by atoms with E-state index in [-0.39, 0.29) is 17.7 Å². The maximum absolute atomic E-state index is 13.3. The number of anilines is 2. The first-order chi connectivity index (χ1) is 22.2. The van der Waals surface area contributed by atoms with E-state index in [9.17, 15) is 14.3 Å². The molecule has 3 heterocycles. The lowest BCUT2D eigenvalue weighted by molar-refractivity contribution is -0.136. The summed E-state index contributed by atoms with van der Waals surface area (Å²) in [5.41, 5.74) is 9.45. The van der Waals surface area contributed by atoms with Gasteiger partial charge in [0.1, 0.15) is 11.6 Å². The Morgan fingerprint density at radius 1 is 0.978 bits per heavy atom. The van der Waals surface area contributed by atoms with E-state index < -0.39 is 5.97 Å². The summed E-state index contributed by atoms with van der Waals surface area (Å²) in [6.45, 7) is 10.4. The molecule has 1 saturated heterocycles. The number of carbonyl (C=O) groups is 1. The molecule has 46 heavy (non-hydrogen) atoms. The van der Waals surface area contributed by atoms with Crippen LogP contribution in [0.15, 0.2) is 72.8 Å². The monoisotopic (exact) mass is 621 g/mol. The van der Waals surface area contributed by atoms with Gasteiger partial charge in [-0.25, -0.2) is 4.39 Å². The molecule has 0 radical (unpaired) electrons. The van der Waals surface area contributed by atoms with Crippen molar-refractivity contribution < 1.29 is 19.0 Å². The second-order valence-electron chi connectivity index (χ2n) is 13.5. The summed E-state index contributed by atoms with van der Waals surface area (Å²) < 4.78 is 19.4. The average Bonchev–Trinajstić information content (AvgIpc) is 3.04. The molecule has 6 nitrogen and oxygen atoms in total. The van der Waals surface area contributed by atoms with Crippen LogP contribution < -0.4 is 14.5 Å². The van der Waals surface area contributed by atoms with Crippen LogP contribution in [0.25, 0.3) is 11.1 Å². The first-order valence-corrected chi connectivity index (χ1v) is 16.5. The highest BCUT2D eigenvalue weighted by Gasteiger charge is 2.31. The molecule has 0 amide bonds. The molecule has 3 aromatic carbocycles. The smallest absolute Gasteiger partial charge is 0.307 e. The maximum Gasteiger partial charge on any atom is 0.307 e. The van der Waals surface area contributed by atoms with Gasteiger partial charge in [-0.1, -0.05) is 56.3 Å². The number of fused-ring (bicyclic) bond motifs is 1. The molecule has 0 aliphatic carbocycles. The van der Waals surface area contributed by atoms with Crippen LogP contribution >= 0.6 is 0 Å². The minimum atomic E-state index is -0.850. The standard InChI is InChI=1S/C39H44FN3O3/c1-27-33(25-36(44)45)38(42-22-19-39(2,3)20-23-42)37(34(41-27)26-43-21-6-8-29-7-4-5-9-35(29)43)30-12-16-32(17-13-30)46-24-18-28-10-14-31(40)15-11-28/h4-5,7,9-17H,6,8,18-26H2,1-3H3,(H,44,45). The Kier molecular flexibility index (Phi) is 9.29. The Bertz CT molecular complexity index is 1670. The number of aromatic nitrogens is 1. The van der Waals surface area contributed by atoms with E-state index in [4.69, 9.17) is 9.72 Å². The average molecular weight is 622 g/mol. The number of aliphatic carboxylic acids is 1. The number of nitrogens with zero attached hydrogens (tertiary/aromatic N) is 3. The van der Waals surface area contributed by atoms with Crippen LogP contribution in [-0.2, 0) is 30.6 Å². The van der Waals surface area contributed by atoms with Gasteiger partial charge in [-0.2, -0.15) is 0 Å². The Hall–Kier alpha value is -4.39. The van der Waals surface area contributed by atoms with Crippen LogP contribution in [0.3, 0.4) is 0 Å². The molecular weight excluding hydrogens is 577 g/mol. The van der Waals surface area contributed by atoms with E-state index in [0.29, 0.717) is 19.6 Å². The fourth-order valence-corrected chi connectivity index (χ4v) is 6.86. The van der Waals surface area contributed by atoms with Crippen molar-refractivity contribution in [3.8, 4) is 16.9 Å². The largest absolute Gasteiger partial charge is 0.493 e. The van der Waals surface area contributed by atoms with Gasteiger partial charge in [0.2, 0.25) is 0 Å². The van der Waals surface area contributed by atoms with Crippen LogP contribution in [0.2, 0.25) is 0 Å². The second kappa shape index (κ2) is 13.5. The van der Waals surface area contributed by atoms with E-state index in [1.807, 2.05) is 19.1 Å². The third-order valence-corrected chi connectivity index (χ3v) is 9.57. The summed E-state index contributed by atoms with van der Waals surface area (Å²) >= 11 is 0. The predicted octanol–water partition coefficient (Wildman–Crippen LogP) is 8.02. The van der Waals surface area contributed by atoms with Crippen molar-refractivity contribution in [2.45, 2.75) is 65.8 Å². The SMILES string of the molecule is Cc1nc(CN2CCCc3ccccc32)c(-c2ccc(OCCc3ccc(F)cc3)cc2)c(N2CCC(C)(C)CC2)c1CC(=O)O. The van der Waals surface area contributed by atoms with Crippen molar-refractivity contribution in [3.05, 3.63) is 107 Å². The normalized spacial score (nSPS) is 15.8. The number of benzene rings is 3. The molecule has 0 atom stereocenters. The number of rotatable bonds is 10. The van der Waals surface area contributed by atoms with Crippen LogP contribution in [-0.4, -0.2) is 42.3 Å². The number of carboxylic acids is 1. The lowest BCUT2D eigenvalue weighted by atomic mass is 9.82. The Morgan fingerprint density at radius 2 is 1.70 bits per heavy atom. The number of ether oxygens (including phenoxy) is 1. The number of pyridine rings is 1. The van der Waals surface area contributed by atoms with Crippen molar-refractivity contribution in [2.24, 2.45) is 5.41 Å². The van der Waals surface area contributed by atoms with Gasteiger partial charge >= 0.3 is 5.97 Å². The lowest BCUT2D eigenvalue weighted by Gasteiger charge is -2.40. The zero-order valence-corrected chi connectivity index (χ0v) is 27.2. The highest BCUT2D eigenvalue weighted by molar-refractivity contribution is 5.87. The Balaban J connectivity index is 1.38. The summed E-state index contributed by atoms with van der Waals surface area (Å²) in [5.74, 6) is -0.338. The molecule has 0 unspecified atom stereocenters. The third kappa shape index (κ3) is 7.19. The van der Waals surface area contributed by atoms with E-state index >= 15 is 0 Å². The minimum absolute atomic E-state index is 0.0710. The summed E-state index contributed by atoms with van der Waals surface area (Å²) in [7, 11) is 0. The van der Waals surface area contributed by atoms with Crippen molar-refractivity contribution in [1.82, 2.24) is 4.98 Å². The highest BCUT2D eigenvalue weighted by Crippen LogP contribution is 2.43. The summed E-state index contributed by atoms with van der Waals surface area (Å²) in [6, 6.07) is 23.3. The van der Waals surface area contributed by atoms with Gasteiger partial charge in [-0.3, -0.25) is 9.78 Å². The lowest BCUT2D eigenvalue weighted by Crippen LogP contribution is -2.39. The predicted molar refractivity (Wildman–Crippen MR) is 182 cm³/mol. The molecule has 0 saturated carbocycles. The maximum atomic E-state index is 13.3. The van der Waals surface area contributed by atoms with Gasteiger partial charge < -0.3 is 19.6 Å². The number of hydrogen-bond acceptors (Lipinski definition) is 5. The molecule has 240 valence electrons. The quantitative estimate of drug-likeness (QED) is 0.193. The van der Waals surface area contributed by atoms with Crippen molar-refractivity contribution in [2.75, 3.05) is 36.0 Å². The molecule has 0 bridgehead atoms. The first kappa shape index (κ1) is 31.6. The van der Waals surface area contributed by atoms with E-state index in [2.05, 4.69) is 60.0 Å². The number of piperidine rings is 1. The van der Waals surface area contributed by atoms with Gasteiger partial charge in [0, 0.05) is 48.6 Å². The van der Waals surface area contributed by atoms with E-state index in [1.54, 1.807) is 12.1 Å². The number of aryl methyl sites for hydroxylation is 2. The van der Waals surface area contributed by atoms with Gasteiger partial charge in [0.05, 0.1) is 31.0 Å². The van der Waals surface area contributed by atoms with Gasteiger partial charge in [-0.05, 0) is 85.0 Å². The van der Waals surface area contributed by atoms with Crippen LogP contribution in [0.1, 0.15) is 61.2 Å². The Labute approximate surface area is 271 Å². The van der Waals surface area contributed by atoms with Crippen LogP contribution in [0, 0.1) is 18.2 Å². The second-order valence-corrected chi connectivity index (χ2v) is 13.5. The molecule has 1 N–H and O–H groups in total.